The minimum atomic E-state index is -3.19. The number of amides is 1. The predicted molar refractivity (Wildman–Crippen MR) is 99.7 cm³/mol. The summed E-state index contributed by atoms with van der Waals surface area (Å²) in [5.74, 6) is -0.0532. The predicted octanol–water partition coefficient (Wildman–Crippen LogP) is 2.90. The fourth-order valence-corrected chi connectivity index (χ4v) is 3.97. The average Bonchev–Trinajstić information content (AvgIpc) is 2.99. The van der Waals surface area contributed by atoms with E-state index >= 15 is 0 Å². The van der Waals surface area contributed by atoms with E-state index in [4.69, 9.17) is 4.74 Å². The Morgan fingerprint density at radius 1 is 1.20 bits per heavy atom. The summed E-state index contributed by atoms with van der Waals surface area (Å²) in [7, 11) is -1.55. The van der Waals surface area contributed by atoms with Crippen molar-refractivity contribution < 1.29 is 17.9 Å². The Kier molecular flexibility index (Phi) is 6.75. The maximum Gasteiger partial charge on any atom is 0.220 e. The Hall–Kier alpha value is -1.70. The molecule has 5 nitrogen and oxygen atoms in total. The van der Waals surface area contributed by atoms with Crippen LogP contribution < -0.4 is 5.32 Å². The third kappa shape index (κ3) is 5.95. The number of rotatable bonds is 8. The molecular weight excluding hydrogens is 358 g/mol. The molecule has 1 aromatic heterocycles. The van der Waals surface area contributed by atoms with Crippen molar-refractivity contribution in [2.24, 2.45) is 0 Å². The van der Waals surface area contributed by atoms with E-state index in [0.717, 1.165) is 10.4 Å². The maximum absolute atomic E-state index is 12.0. The van der Waals surface area contributed by atoms with E-state index in [-0.39, 0.29) is 16.9 Å². The Morgan fingerprint density at radius 3 is 2.40 bits per heavy atom. The van der Waals surface area contributed by atoms with Crippen LogP contribution in [0.1, 0.15) is 27.8 Å². The first kappa shape index (κ1) is 19.6. The highest BCUT2D eigenvalue weighted by molar-refractivity contribution is 7.90. The van der Waals surface area contributed by atoms with E-state index in [0.29, 0.717) is 19.4 Å². The number of methoxy groups -OCH3 is 1. The van der Waals surface area contributed by atoms with Gasteiger partial charge in [0.2, 0.25) is 5.91 Å². The van der Waals surface area contributed by atoms with Crippen molar-refractivity contribution in [2.45, 2.75) is 30.8 Å². The van der Waals surface area contributed by atoms with Crippen molar-refractivity contribution in [3.05, 3.63) is 51.7 Å². The summed E-state index contributed by atoms with van der Waals surface area (Å²) in [6, 6.07) is 10.7. The fraction of sp³-hybridized carbons (Fsp3) is 0.389. The molecule has 136 valence electrons. The van der Waals surface area contributed by atoms with Crippen LogP contribution in [0.2, 0.25) is 0 Å². The van der Waals surface area contributed by atoms with Gasteiger partial charge in [-0.25, -0.2) is 8.42 Å². The van der Waals surface area contributed by atoms with Crippen molar-refractivity contribution >= 4 is 27.1 Å². The van der Waals surface area contributed by atoms with Gasteiger partial charge in [0.15, 0.2) is 9.84 Å². The van der Waals surface area contributed by atoms with Crippen LogP contribution in [-0.2, 0) is 25.8 Å². The lowest BCUT2D eigenvalue weighted by atomic mass is 10.1. The molecule has 1 unspecified atom stereocenters. The van der Waals surface area contributed by atoms with Crippen molar-refractivity contribution in [1.29, 1.82) is 0 Å². The Labute approximate surface area is 152 Å². The summed E-state index contributed by atoms with van der Waals surface area (Å²) < 4.78 is 28.3. The number of thiophene rings is 1. The second kappa shape index (κ2) is 8.60. The maximum atomic E-state index is 12.0. The molecule has 1 amide bonds. The van der Waals surface area contributed by atoms with Crippen LogP contribution in [0.3, 0.4) is 0 Å². The van der Waals surface area contributed by atoms with Crippen LogP contribution >= 0.6 is 11.3 Å². The second-order valence-electron chi connectivity index (χ2n) is 5.89. The number of nitrogens with one attached hydrogen (secondary N) is 1. The van der Waals surface area contributed by atoms with Crippen LogP contribution in [0.4, 0.5) is 0 Å². The largest absolute Gasteiger partial charge is 0.374 e. The van der Waals surface area contributed by atoms with Gasteiger partial charge in [-0.2, -0.15) is 0 Å². The highest BCUT2D eigenvalue weighted by Crippen LogP contribution is 2.24. The summed E-state index contributed by atoms with van der Waals surface area (Å²) >= 11 is 1.66. The molecule has 0 bridgehead atoms. The van der Waals surface area contributed by atoms with Crippen LogP contribution in [0, 0.1) is 6.92 Å². The molecule has 1 heterocycles. The zero-order chi connectivity index (χ0) is 18.4. The zero-order valence-electron chi connectivity index (χ0n) is 14.6. The normalized spacial score (nSPS) is 12.8. The second-order valence-corrected chi connectivity index (χ2v) is 9.23. The summed E-state index contributed by atoms with van der Waals surface area (Å²) in [6.45, 7) is 2.47. The van der Waals surface area contributed by atoms with E-state index in [1.165, 1.54) is 11.1 Å². The Bertz CT molecular complexity index is 810. The van der Waals surface area contributed by atoms with Crippen LogP contribution in [0.25, 0.3) is 0 Å². The molecule has 0 fully saturated rings. The molecule has 0 spiro atoms. The van der Waals surface area contributed by atoms with E-state index in [9.17, 15) is 13.2 Å². The lowest BCUT2D eigenvalue weighted by molar-refractivity contribution is -0.121. The zero-order valence-corrected chi connectivity index (χ0v) is 16.2. The molecule has 2 rings (SSSR count). The highest BCUT2D eigenvalue weighted by atomic mass is 32.2. The third-order valence-electron chi connectivity index (χ3n) is 3.84. The molecule has 1 atom stereocenters. The van der Waals surface area contributed by atoms with Crippen LogP contribution in [0.15, 0.2) is 41.3 Å². The van der Waals surface area contributed by atoms with Gasteiger partial charge in [0.1, 0.15) is 6.10 Å². The van der Waals surface area contributed by atoms with Crippen molar-refractivity contribution in [3.63, 3.8) is 0 Å². The van der Waals surface area contributed by atoms with Gasteiger partial charge in [0.05, 0.1) is 4.90 Å². The molecule has 0 aliphatic rings. The summed E-state index contributed by atoms with van der Waals surface area (Å²) in [5.41, 5.74) is 0.930. The number of hydrogen-bond donors (Lipinski definition) is 1. The van der Waals surface area contributed by atoms with Gasteiger partial charge in [0.25, 0.3) is 0 Å². The molecular formula is C18H23NO4S2. The first-order valence-corrected chi connectivity index (χ1v) is 10.6. The summed E-state index contributed by atoms with van der Waals surface area (Å²) in [6.07, 6.45) is 1.94. The van der Waals surface area contributed by atoms with E-state index in [2.05, 4.69) is 5.32 Å². The van der Waals surface area contributed by atoms with E-state index in [1.807, 2.05) is 19.1 Å². The minimum Gasteiger partial charge on any atom is -0.374 e. The SMILES string of the molecule is COC(CNC(=O)CCc1ccc(S(C)(=O)=O)cc1)c1ccc(C)s1. The molecule has 25 heavy (non-hydrogen) atoms. The molecule has 1 aromatic carbocycles. The van der Waals surface area contributed by atoms with Crippen molar-refractivity contribution in [2.75, 3.05) is 19.9 Å². The number of hydrogen-bond acceptors (Lipinski definition) is 5. The number of aryl methyl sites for hydroxylation is 2. The topological polar surface area (TPSA) is 72.5 Å². The number of benzene rings is 1. The quantitative estimate of drug-likeness (QED) is 0.763. The van der Waals surface area contributed by atoms with Gasteiger partial charge in [-0.15, -0.1) is 11.3 Å². The van der Waals surface area contributed by atoms with E-state index < -0.39 is 9.84 Å². The van der Waals surface area contributed by atoms with Crippen LogP contribution in [0.5, 0.6) is 0 Å². The van der Waals surface area contributed by atoms with Gasteiger partial charge in [-0.1, -0.05) is 12.1 Å². The number of sulfone groups is 1. The van der Waals surface area contributed by atoms with Gasteiger partial charge < -0.3 is 10.1 Å². The average molecular weight is 382 g/mol. The van der Waals surface area contributed by atoms with Gasteiger partial charge in [-0.05, 0) is 43.2 Å². The smallest absolute Gasteiger partial charge is 0.220 e. The standard InChI is InChI=1S/C18H23NO4S2/c1-13-4-10-17(24-13)16(23-2)12-19-18(20)11-7-14-5-8-15(9-6-14)25(3,21)22/h4-6,8-10,16H,7,11-12H2,1-3H3,(H,19,20). The Morgan fingerprint density at radius 2 is 1.88 bits per heavy atom. The number of carbonyl (C=O) groups excluding carboxylic acids is 1. The molecule has 2 aromatic rings. The molecule has 0 radical (unpaired) electrons. The fourth-order valence-electron chi connectivity index (χ4n) is 2.38. The minimum absolute atomic E-state index is 0.0532. The first-order valence-electron chi connectivity index (χ1n) is 7.94. The third-order valence-corrected chi connectivity index (χ3v) is 6.06. The molecule has 0 saturated heterocycles. The summed E-state index contributed by atoms with van der Waals surface area (Å²) in [5, 5.41) is 2.89. The van der Waals surface area contributed by atoms with Gasteiger partial charge in [0, 0.05) is 36.1 Å². The van der Waals surface area contributed by atoms with Gasteiger partial charge in [-0.3, -0.25) is 4.79 Å². The molecule has 0 saturated carbocycles. The number of ether oxygens (including phenoxy) is 1. The first-order chi connectivity index (χ1) is 11.8. The lowest BCUT2D eigenvalue weighted by Crippen LogP contribution is -2.29. The van der Waals surface area contributed by atoms with E-state index in [1.54, 1.807) is 42.7 Å². The number of carbonyl (C=O) groups is 1. The Balaban J connectivity index is 1.82. The highest BCUT2D eigenvalue weighted by Gasteiger charge is 2.14. The van der Waals surface area contributed by atoms with Gasteiger partial charge >= 0.3 is 0 Å². The monoisotopic (exact) mass is 381 g/mol. The molecule has 7 heteroatoms. The van der Waals surface area contributed by atoms with Crippen molar-refractivity contribution in [1.82, 2.24) is 5.32 Å². The summed E-state index contributed by atoms with van der Waals surface area (Å²) in [4.78, 5) is 14.6. The molecule has 0 aliphatic carbocycles. The lowest BCUT2D eigenvalue weighted by Gasteiger charge is -2.14. The molecule has 0 aliphatic heterocycles. The van der Waals surface area contributed by atoms with Crippen molar-refractivity contribution in [3.8, 4) is 0 Å². The van der Waals surface area contributed by atoms with Crippen LogP contribution in [-0.4, -0.2) is 34.2 Å². The molecule has 1 N–H and O–H groups in total.